The van der Waals surface area contributed by atoms with Crippen molar-refractivity contribution in [3.8, 4) is 0 Å². The minimum absolute atomic E-state index is 0.0140. The highest BCUT2D eigenvalue weighted by atomic mass is 16.4. The second kappa shape index (κ2) is 8.97. The molecule has 0 bridgehead atoms. The summed E-state index contributed by atoms with van der Waals surface area (Å²) in [6.07, 6.45) is 0.380. The molecule has 0 aliphatic carbocycles. The largest absolute Gasteiger partial charge is 0.481 e. The van der Waals surface area contributed by atoms with E-state index < -0.39 is 5.97 Å². The number of carbonyl (C=O) groups is 2. The number of likely N-dealkylation sites (N-methyl/N-ethyl adjacent to an activating group) is 2. The van der Waals surface area contributed by atoms with Crippen molar-refractivity contribution in [2.24, 2.45) is 0 Å². The van der Waals surface area contributed by atoms with Crippen LogP contribution in [0.2, 0.25) is 0 Å². The van der Waals surface area contributed by atoms with Crippen molar-refractivity contribution in [1.29, 1.82) is 0 Å². The second-order valence-corrected chi connectivity index (χ2v) is 4.87. The van der Waals surface area contributed by atoms with Crippen molar-refractivity contribution in [3.05, 3.63) is 35.9 Å². The molecule has 0 aliphatic rings. The first-order valence-corrected chi connectivity index (χ1v) is 6.97. The van der Waals surface area contributed by atoms with Gasteiger partial charge in [-0.15, -0.1) is 0 Å². The summed E-state index contributed by atoms with van der Waals surface area (Å²) in [5.41, 5.74) is 0.911. The van der Waals surface area contributed by atoms with Crippen LogP contribution in [0.4, 0.5) is 4.79 Å². The molecular weight excluding hydrogens is 270 g/mol. The molecule has 1 rings (SSSR count). The number of nitrogens with one attached hydrogen (secondary N) is 2. The number of urea groups is 1. The van der Waals surface area contributed by atoms with Gasteiger partial charge in [-0.1, -0.05) is 30.3 Å². The lowest BCUT2D eigenvalue weighted by Gasteiger charge is -2.23. The summed E-state index contributed by atoms with van der Waals surface area (Å²) in [4.78, 5) is 24.5. The maximum atomic E-state index is 12.1. The summed E-state index contributed by atoms with van der Waals surface area (Å²) in [5, 5.41) is 14.7. The third-order valence-electron chi connectivity index (χ3n) is 3.19. The number of nitrogens with zero attached hydrogens (tertiary/aromatic N) is 1. The molecule has 6 nitrogen and oxygen atoms in total. The molecule has 1 atom stereocenters. The Balaban J connectivity index is 2.68. The average Bonchev–Trinajstić information content (AvgIpc) is 2.49. The standard InChI is InChI=1S/C15H23N3O3/c1-16-10-11-18(2)15(21)17-13(8-9-14(19)20)12-6-4-3-5-7-12/h3-7,13,16H,8-11H2,1-2H3,(H,17,21)(H,19,20). The third-order valence-corrected chi connectivity index (χ3v) is 3.19. The predicted molar refractivity (Wildman–Crippen MR) is 81.1 cm³/mol. The molecule has 0 saturated carbocycles. The van der Waals surface area contributed by atoms with Gasteiger partial charge >= 0.3 is 12.0 Å². The molecule has 0 spiro atoms. The number of aliphatic carboxylic acids is 1. The highest BCUT2D eigenvalue weighted by Crippen LogP contribution is 2.18. The molecule has 0 aliphatic heterocycles. The first kappa shape index (κ1) is 17.0. The van der Waals surface area contributed by atoms with E-state index in [0.717, 1.165) is 5.56 Å². The fourth-order valence-corrected chi connectivity index (χ4v) is 1.92. The van der Waals surface area contributed by atoms with E-state index in [1.54, 1.807) is 11.9 Å². The van der Waals surface area contributed by atoms with Crippen LogP contribution in [0.25, 0.3) is 0 Å². The van der Waals surface area contributed by atoms with Crippen molar-refractivity contribution in [2.75, 3.05) is 27.2 Å². The highest BCUT2D eigenvalue weighted by Gasteiger charge is 2.17. The van der Waals surface area contributed by atoms with Gasteiger partial charge in [-0.2, -0.15) is 0 Å². The third kappa shape index (κ3) is 6.27. The first-order valence-electron chi connectivity index (χ1n) is 6.97. The van der Waals surface area contributed by atoms with Gasteiger partial charge in [-0.3, -0.25) is 4.79 Å². The van der Waals surface area contributed by atoms with E-state index in [2.05, 4.69) is 10.6 Å². The molecule has 1 aromatic rings. The molecule has 0 saturated heterocycles. The number of rotatable bonds is 8. The topological polar surface area (TPSA) is 81.7 Å². The highest BCUT2D eigenvalue weighted by molar-refractivity contribution is 5.74. The number of carboxylic acid groups (broad SMARTS) is 1. The Labute approximate surface area is 125 Å². The van der Waals surface area contributed by atoms with E-state index >= 15 is 0 Å². The molecule has 2 amide bonds. The second-order valence-electron chi connectivity index (χ2n) is 4.87. The SMILES string of the molecule is CNCCN(C)C(=O)NC(CCC(=O)O)c1ccccc1. The van der Waals surface area contributed by atoms with E-state index in [4.69, 9.17) is 5.11 Å². The number of amides is 2. The Morgan fingerprint density at radius 2 is 1.95 bits per heavy atom. The van der Waals surface area contributed by atoms with E-state index in [1.807, 2.05) is 37.4 Å². The van der Waals surface area contributed by atoms with Crippen molar-refractivity contribution in [2.45, 2.75) is 18.9 Å². The predicted octanol–water partition coefficient (Wildman–Crippen LogP) is 1.45. The van der Waals surface area contributed by atoms with E-state index in [0.29, 0.717) is 19.5 Å². The zero-order valence-corrected chi connectivity index (χ0v) is 12.5. The molecule has 0 fully saturated rings. The lowest BCUT2D eigenvalue weighted by Crippen LogP contribution is -2.42. The van der Waals surface area contributed by atoms with Crippen molar-refractivity contribution >= 4 is 12.0 Å². The fourth-order valence-electron chi connectivity index (χ4n) is 1.92. The Kier molecular flexibility index (Phi) is 7.25. The average molecular weight is 293 g/mol. The fraction of sp³-hybridized carbons (Fsp3) is 0.467. The summed E-state index contributed by atoms with van der Waals surface area (Å²) in [7, 11) is 3.54. The molecule has 0 radical (unpaired) electrons. The molecule has 1 aromatic carbocycles. The molecule has 6 heteroatoms. The van der Waals surface area contributed by atoms with Crippen LogP contribution >= 0.6 is 0 Å². The Bertz CT molecular complexity index is 451. The van der Waals surface area contributed by atoms with Gasteiger partial charge in [0.1, 0.15) is 0 Å². The Hall–Kier alpha value is -2.08. The summed E-state index contributed by atoms with van der Waals surface area (Å²) in [6, 6.07) is 8.91. The number of hydrogen-bond donors (Lipinski definition) is 3. The van der Waals surface area contributed by atoms with Crippen LogP contribution in [0.3, 0.4) is 0 Å². The molecule has 116 valence electrons. The van der Waals surface area contributed by atoms with Crippen LogP contribution in [-0.2, 0) is 4.79 Å². The van der Waals surface area contributed by atoms with Crippen LogP contribution < -0.4 is 10.6 Å². The monoisotopic (exact) mass is 293 g/mol. The van der Waals surface area contributed by atoms with Crippen LogP contribution in [0.1, 0.15) is 24.4 Å². The lowest BCUT2D eigenvalue weighted by atomic mass is 10.0. The number of hydrogen-bond acceptors (Lipinski definition) is 3. The van der Waals surface area contributed by atoms with E-state index in [-0.39, 0.29) is 18.5 Å². The molecule has 0 aromatic heterocycles. The summed E-state index contributed by atoms with van der Waals surface area (Å²) in [6.45, 7) is 1.29. The normalized spacial score (nSPS) is 11.7. The van der Waals surface area contributed by atoms with Gasteiger partial charge in [0, 0.05) is 26.6 Å². The molecule has 0 heterocycles. The first-order chi connectivity index (χ1) is 10.0. The van der Waals surface area contributed by atoms with Gasteiger partial charge in [0.15, 0.2) is 0 Å². The van der Waals surface area contributed by atoms with Crippen LogP contribution in [0.15, 0.2) is 30.3 Å². The van der Waals surface area contributed by atoms with Crippen molar-refractivity contribution < 1.29 is 14.7 Å². The number of carboxylic acids is 1. The van der Waals surface area contributed by atoms with Gasteiger partial charge < -0.3 is 20.6 Å². The van der Waals surface area contributed by atoms with Crippen LogP contribution in [0, 0.1) is 0 Å². The zero-order valence-electron chi connectivity index (χ0n) is 12.5. The van der Waals surface area contributed by atoms with Crippen molar-refractivity contribution in [1.82, 2.24) is 15.5 Å². The maximum absolute atomic E-state index is 12.1. The quantitative estimate of drug-likeness (QED) is 0.677. The minimum Gasteiger partial charge on any atom is -0.481 e. The lowest BCUT2D eigenvalue weighted by molar-refractivity contribution is -0.137. The summed E-state index contributed by atoms with van der Waals surface area (Å²) in [5.74, 6) is -0.867. The van der Waals surface area contributed by atoms with Gasteiger partial charge in [-0.05, 0) is 19.0 Å². The molecule has 21 heavy (non-hydrogen) atoms. The molecular formula is C15H23N3O3. The number of benzene rings is 1. The summed E-state index contributed by atoms with van der Waals surface area (Å²) < 4.78 is 0. The molecule has 1 unspecified atom stereocenters. The van der Waals surface area contributed by atoms with E-state index in [9.17, 15) is 9.59 Å². The zero-order chi connectivity index (χ0) is 15.7. The van der Waals surface area contributed by atoms with Crippen molar-refractivity contribution in [3.63, 3.8) is 0 Å². The van der Waals surface area contributed by atoms with Crippen LogP contribution in [0.5, 0.6) is 0 Å². The maximum Gasteiger partial charge on any atom is 0.317 e. The smallest absolute Gasteiger partial charge is 0.317 e. The van der Waals surface area contributed by atoms with Gasteiger partial charge in [0.05, 0.1) is 6.04 Å². The van der Waals surface area contributed by atoms with E-state index in [1.165, 1.54) is 0 Å². The van der Waals surface area contributed by atoms with Gasteiger partial charge in [0.25, 0.3) is 0 Å². The minimum atomic E-state index is -0.867. The van der Waals surface area contributed by atoms with Crippen LogP contribution in [-0.4, -0.2) is 49.2 Å². The van der Waals surface area contributed by atoms with Gasteiger partial charge in [0.2, 0.25) is 0 Å². The Morgan fingerprint density at radius 1 is 1.29 bits per heavy atom. The number of carbonyl (C=O) groups excluding carboxylic acids is 1. The van der Waals surface area contributed by atoms with Gasteiger partial charge in [-0.25, -0.2) is 4.79 Å². The Morgan fingerprint density at radius 3 is 2.52 bits per heavy atom. The summed E-state index contributed by atoms with van der Waals surface area (Å²) >= 11 is 0. The molecule has 3 N–H and O–H groups in total.